The molecule has 4 N–H and O–H groups in total. The van der Waals surface area contributed by atoms with Gasteiger partial charge in [-0.25, -0.2) is 14.3 Å². The number of thiophene rings is 1. The molecule has 3 heterocycles. The Morgan fingerprint density at radius 2 is 1.94 bits per heavy atom. The first-order chi connectivity index (χ1) is 14.6. The van der Waals surface area contributed by atoms with E-state index in [-0.39, 0.29) is 5.91 Å². The van der Waals surface area contributed by atoms with Crippen molar-refractivity contribution >= 4 is 28.9 Å². The number of alkyl halides is 3. The van der Waals surface area contributed by atoms with Gasteiger partial charge in [0.05, 0.1) is 22.4 Å². The molecular weight excluding hydrogens is 435 g/mol. The maximum absolute atomic E-state index is 12.5. The van der Waals surface area contributed by atoms with Crippen LogP contribution in [-0.4, -0.2) is 43.4 Å². The highest BCUT2D eigenvalue weighted by atomic mass is 32.1. The van der Waals surface area contributed by atoms with Gasteiger partial charge in [-0.3, -0.25) is 4.79 Å². The van der Waals surface area contributed by atoms with Crippen LogP contribution in [0.2, 0.25) is 0 Å². The molecule has 8 nitrogen and oxygen atoms in total. The van der Waals surface area contributed by atoms with Crippen molar-refractivity contribution in [3.05, 3.63) is 40.8 Å². The Labute approximate surface area is 178 Å². The zero-order valence-electron chi connectivity index (χ0n) is 16.2. The molecule has 0 bridgehead atoms. The Kier molecular flexibility index (Phi) is 6.60. The molecule has 31 heavy (non-hydrogen) atoms. The first kappa shape index (κ1) is 22.7. The van der Waals surface area contributed by atoms with Gasteiger partial charge in [-0.05, 0) is 43.9 Å². The van der Waals surface area contributed by atoms with Crippen LogP contribution in [0.1, 0.15) is 41.8 Å². The highest BCUT2D eigenvalue weighted by Crippen LogP contribution is 2.28. The van der Waals surface area contributed by atoms with Gasteiger partial charge in [0.1, 0.15) is 0 Å². The van der Waals surface area contributed by atoms with Gasteiger partial charge in [0.25, 0.3) is 5.91 Å². The molecule has 1 saturated carbocycles. The van der Waals surface area contributed by atoms with Crippen LogP contribution in [0.5, 0.6) is 0 Å². The number of imidazole rings is 1. The van der Waals surface area contributed by atoms with E-state index in [0.717, 1.165) is 42.6 Å². The molecule has 1 amide bonds. The van der Waals surface area contributed by atoms with E-state index in [1.54, 1.807) is 16.9 Å². The predicted octanol–water partition coefficient (Wildman–Crippen LogP) is 3.44. The summed E-state index contributed by atoms with van der Waals surface area (Å²) in [5, 5.41) is 16.4. The lowest BCUT2D eigenvalue weighted by Gasteiger charge is -2.34. The smallest absolute Gasteiger partial charge is 0.475 e. The number of hydrogen-bond donors (Lipinski definition) is 3. The van der Waals surface area contributed by atoms with Gasteiger partial charge in [-0.1, -0.05) is 6.42 Å². The number of fused-ring (bicyclic) bond motifs is 1. The number of nitrogens with zero attached hydrogens (tertiary/aromatic N) is 3. The molecular formula is C19H20F3N5O3S. The van der Waals surface area contributed by atoms with Crippen LogP contribution >= 0.6 is 11.3 Å². The van der Waals surface area contributed by atoms with Gasteiger partial charge < -0.3 is 16.2 Å². The summed E-state index contributed by atoms with van der Waals surface area (Å²) >= 11 is 1.42. The van der Waals surface area contributed by atoms with E-state index in [4.69, 9.17) is 15.6 Å². The lowest BCUT2D eigenvalue weighted by molar-refractivity contribution is -0.192. The Morgan fingerprint density at radius 1 is 1.26 bits per heavy atom. The lowest BCUT2D eigenvalue weighted by Crippen LogP contribution is -2.56. The van der Waals surface area contributed by atoms with E-state index in [1.165, 1.54) is 17.8 Å². The lowest BCUT2D eigenvalue weighted by atomic mass is 9.89. The zero-order chi connectivity index (χ0) is 22.6. The molecule has 0 saturated heterocycles. The summed E-state index contributed by atoms with van der Waals surface area (Å²) in [5.41, 5.74) is 8.35. The predicted molar refractivity (Wildman–Crippen MR) is 107 cm³/mol. The number of carbonyl (C=O) groups is 2. The molecule has 0 spiro atoms. The van der Waals surface area contributed by atoms with Gasteiger partial charge >= 0.3 is 12.1 Å². The molecule has 3 aromatic heterocycles. The van der Waals surface area contributed by atoms with E-state index < -0.39 is 17.8 Å². The van der Waals surface area contributed by atoms with Crippen molar-refractivity contribution in [3.8, 4) is 11.3 Å². The number of carbonyl (C=O) groups excluding carboxylic acids is 1. The van der Waals surface area contributed by atoms with E-state index in [0.29, 0.717) is 4.88 Å². The molecule has 0 aromatic carbocycles. The van der Waals surface area contributed by atoms with Crippen LogP contribution in [0.3, 0.4) is 0 Å². The molecule has 1 fully saturated rings. The van der Waals surface area contributed by atoms with Gasteiger partial charge in [-0.2, -0.15) is 18.3 Å². The van der Waals surface area contributed by atoms with Gasteiger partial charge in [-0.15, -0.1) is 11.3 Å². The molecule has 0 aliphatic heterocycles. The minimum atomic E-state index is -5.08. The molecule has 0 radical (unpaired) electrons. The van der Waals surface area contributed by atoms with Gasteiger partial charge in [0.2, 0.25) is 0 Å². The number of hydrogen-bond acceptors (Lipinski definition) is 6. The number of carboxylic acid groups (broad SMARTS) is 1. The quantitative estimate of drug-likeness (QED) is 0.520. The van der Waals surface area contributed by atoms with E-state index >= 15 is 0 Å². The third-order valence-electron chi connectivity index (χ3n) is 4.75. The van der Waals surface area contributed by atoms with Crippen LogP contribution in [0.4, 0.5) is 13.2 Å². The first-order valence-corrected chi connectivity index (χ1v) is 10.3. The molecule has 1 aliphatic carbocycles. The third kappa shape index (κ3) is 5.58. The maximum atomic E-state index is 12.5. The Hall–Kier alpha value is -2.99. The van der Waals surface area contributed by atoms with Gasteiger partial charge in [0.15, 0.2) is 5.65 Å². The zero-order valence-corrected chi connectivity index (χ0v) is 17.0. The number of rotatable bonds is 3. The van der Waals surface area contributed by atoms with Crippen LogP contribution in [0.25, 0.3) is 16.9 Å². The molecule has 1 aliphatic rings. The second kappa shape index (κ2) is 9.02. The molecule has 12 heteroatoms. The summed E-state index contributed by atoms with van der Waals surface area (Å²) in [7, 11) is 0. The Balaban J connectivity index is 0.000000339. The molecule has 0 unspecified atom stereocenters. The summed E-state index contributed by atoms with van der Waals surface area (Å²) in [6, 6.07) is 5.63. The normalized spacial score (nSPS) is 15.7. The third-order valence-corrected chi connectivity index (χ3v) is 5.68. The summed E-state index contributed by atoms with van der Waals surface area (Å²) in [4.78, 5) is 26.4. The highest BCUT2D eigenvalue weighted by Gasteiger charge is 2.38. The van der Waals surface area contributed by atoms with Gasteiger partial charge in [0, 0.05) is 17.1 Å². The van der Waals surface area contributed by atoms with Crippen molar-refractivity contribution in [1.82, 2.24) is 19.9 Å². The standard InChI is InChI=1S/C17H19N5OS.C2HF3O2/c18-17(6-2-1-3-7-17)21-16(23)14-9-12(11-24-14)13-10-19-15-5-4-8-20-22(13)15;3-2(4,5)1(6)7/h4-5,8-11H,1-3,6-7,18H2,(H,21,23);(H,6,7). The number of nitrogens with two attached hydrogens (primary N) is 1. The minimum Gasteiger partial charge on any atom is -0.475 e. The van der Waals surface area contributed by atoms with E-state index in [1.807, 2.05) is 23.6 Å². The van der Waals surface area contributed by atoms with Crippen LogP contribution in [0.15, 0.2) is 36.0 Å². The summed E-state index contributed by atoms with van der Waals surface area (Å²) in [6.07, 6.45) is 3.43. The fraction of sp³-hybridized carbons (Fsp3) is 0.368. The van der Waals surface area contributed by atoms with Crippen molar-refractivity contribution in [2.24, 2.45) is 5.73 Å². The highest BCUT2D eigenvalue weighted by molar-refractivity contribution is 7.12. The largest absolute Gasteiger partial charge is 0.490 e. The second-order valence-electron chi connectivity index (χ2n) is 7.11. The molecule has 4 rings (SSSR count). The van der Waals surface area contributed by atoms with Crippen LogP contribution in [-0.2, 0) is 4.79 Å². The fourth-order valence-corrected chi connectivity index (χ4v) is 4.01. The number of halogens is 3. The van der Waals surface area contributed by atoms with E-state index in [9.17, 15) is 18.0 Å². The Bertz CT molecular complexity index is 1070. The minimum absolute atomic E-state index is 0.0996. The van der Waals surface area contributed by atoms with Crippen molar-refractivity contribution in [1.29, 1.82) is 0 Å². The average molecular weight is 455 g/mol. The van der Waals surface area contributed by atoms with Crippen molar-refractivity contribution < 1.29 is 27.9 Å². The number of amides is 1. The molecule has 0 atom stereocenters. The molecule has 3 aromatic rings. The topological polar surface area (TPSA) is 123 Å². The summed E-state index contributed by atoms with van der Waals surface area (Å²) < 4.78 is 33.5. The van der Waals surface area contributed by atoms with E-state index in [2.05, 4.69) is 15.4 Å². The first-order valence-electron chi connectivity index (χ1n) is 9.38. The average Bonchev–Trinajstić information content (AvgIpc) is 3.35. The summed E-state index contributed by atoms with van der Waals surface area (Å²) in [5.74, 6) is -2.86. The number of nitrogens with one attached hydrogen (secondary N) is 1. The van der Waals surface area contributed by atoms with Crippen molar-refractivity contribution in [2.75, 3.05) is 0 Å². The van der Waals surface area contributed by atoms with Crippen LogP contribution in [0, 0.1) is 0 Å². The Morgan fingerprint density at radius 3 is 2.58 bits per heavy atom. The van der Waals surface area contributed by atoms with Crippen molar-refractivity contribution in [2.45, 2.75) is 43.9 Å². The second-order valence-corrected chi connectivity index (χ2v) is 8.02. The number of aliphatic carboxylic acids is 1. The SMILES string of the molecule is NC1(NC(=O)c2cc(-c3cnc4cccnn34)cs2)CCCCC1.O=C(O)C(F)(F)F. The monoisotopic (exact) mass is 455 g/mol. The molecule has 166 valence electrons. The summed E-state index contributed by atoms with van der Waals surface area (Å²) in [6.45, 7) is 0. The fourth-order valence-electron chi connectivity index (χ4n) is 3.21. The maximum Gasteiger partial charge on any atom is 0.490 e. The number of aromatic nitrogens is 3. The van der Waals surface area contributed by atoms with Crippen LogP contribution < -0.4 is 11.1 Å². The van der Waals surface area contributed by atoms with Crippen molar-refractivity contribution in [3.63, 3.8) is 0 Å². The number of carboxylic acids is 1.